The van der Waals surface area contributed by atoms with Crippen LogP contribution in [0.15, 0.2) is 54.6 Å². The highest BCUT2D eigenvalue weighted by molar-refractivity contribution is 5.94. The molecule has 3 aromatic carbocycles. The number of carbonyl (C=O) groups is 1. The molecule has 0 aliphatic carbocycles. The summed E-state index contributed by atoms with van der Waals surface area (Å²) in [5.74, 6) is 0.768. The summed E-state index contributed by atoms with van der Waals surface area (Å²) in [5.41, 5.74) is 5.68. The number of aliphatic hydroxyl groups excluding tert-OH is 2. The van der Waals surface area contributed by atoms with Crippen molar-refractivity contribution in [2.45, 2.75) is 58.8 Å². The molecule has 204 valence electrons. The minimum absolute atomic E-state index is 0.00611. The highest BCUT2D eigenvalue weighted by Crippen LogP contribution is 2.24. The van der Waals surface area contributed by atoms with Gasteiger partial charge in [0.25, 0.3) is 5.91 Å². The van der Waals surface area contributed by atoms with Crippen molar-refractivity contribution in [3.05, 3.63) is 93.5 Å². The third-order valence-corrected chi connectivity index (χ3v) is 6.80. The maximum absolute atomic E-state index is 12.8. The molecule has 0 saturated heterocycles. The van der Waals surface area contributed by atoms with Crippen molar-refractivity contribution >= 4 is 5.91 Å². The number of carbonyl (C=O) groups excluding carboxylic acids is 1. The largest absolute Gasteiger partial charge is 0.508 e. The Labute approximate surface area is 225 Å². The van der Waals surface area contributed by atoms with Crippen LogP contribution in [0.5, 0.6) is 11.5 Å². The molecule has 0 radical (unpaired) electrons. The molecule has 3 aromatic rings. The molecule has 38 heavy (non-hydrogen) atoms. The van der Waals surface area contributed by atoms with E-state index in [1.54, 1.807) is 19.2 Å². The molecule has 7 nitrogen and oxygen atoms in total. The molecule has 7 heteroatoms. The summed E-state index contributed by atoms with van der Waals surface area (Å²) in [6.45, 7) is 8.69. The smallest absolute Gasteiger partial charge is 0.251 e. The maximum atomic E-state index is 12.8. The van der Waals surface area contributed by atoms with Crippen molar-refractivity contribution in [1.82, 2.24) is 10.6 Å². The summed E-state index contributed by atoms with van der Waals surface area (Å²) in [6, 6.07) is 16.5. The molecule has 0 saturated carbocycles. The normalized spacial score (nSPS) is 12.3. The van der Waals surface area contributed by atoms with Crippen LogP contribution < -0.4 is 15.4 Å². The van der Waals surface area contributed by atoms with Crippen LogP contribution in [0.2, 0.25) is 0 Å². The van der Waals surface area contributed by atoms with Gasteiger partial charge in [0.1, 0.15) is 11.5 Å². The predicted molar refractivity (Wildman–Crippen MR) is 150 cm³/mol. The van der Waals surface area contributed by atoms with E-state index in [1.165, 1.54) is 11.6 Å². The zero-order chi connectivity index (χ0) is 27.9. The van der Waals surface area contributed by atoms with Gasteiger partial charge in [-0.3, -0.25) is 4.79 Å². The quantitative estimate of drug-likeness (QED) is 0.246. The van der Waals surface area contributed by atoms with Crippen molar-refractivity contribution in [3.8, 4) is 11.5 Å². The van der Waals surface area contributed by atoms with Crippen LogP contribution in [0.3, 0.4) is 0 Å². The molecule has 1 atom stereocenters. The van der Waals surface area contributed by atoms with Gasteiger partial charge in [-0.1, -0.05) is 24.3 Å². The van der Waals surface area contributed by atoms with E-state index in [0.29, 0.717) is 36.2 Å². The number of methoxy groups -OCH3 is 1. The van der Waals surface area contributed by atoms with Crippen molar-refractivity contribution in [3.63, 3.8) is 0 Å². The monoisotopic (exact) mass is 520 g/mol. The lowest BCUT2D eigenvalue weighted by molar-refractivity contribution is 0.0954. The molecule has 0 aliphatic rings. The summed E-state index contributed by atoms with van der Waals surface area (Å²) in [6.07, 6.45) is 0.598. The number of rotatable bonds is 12. The number of ether oxygens (including phenoxy) is 1. The molecule has 0 bridgehead atoms. The fraction of sp³-hybridized carbons (Fsp3) is 0.387. The van der Waals surface area contributed by atoms with Crippen LogP contribution in [-0.2, 0) is 19.4 Å². The molecule has 1 amide bonds. The second-order valence-corrected chi connectivity index (χ2v) is 10.5. The Balaban J connectivity index is 1.55. The average Bonchev–Trinajstić information content (AvgIpc) is 2.89. The Morgan fingerprint density at radius 2 is 1.79 bits per heavy atom. The Morgan fingerprint density at radius 1 is 1.03 bits per heavy atom. The van der Waals surface area contributed by atoms with Crippen LogP contribution in [0.25, 0.3) is 0 Å². The van der Waals surface area contributed by atoms with Crippen molar-refractivity contribution in [2.24, 2.45) is 0 Å². The first-order valence-electron chi connectivity index (χ1n) is 12.9. The zero-order valence-corrected chi connectivity index (χ0v) is 23.0. The number of hydrogen-bond donors (Lipinski definition) is 5. The number of amides is 1. The maximum Gasteiger partial charge on any atom is 0.251 e. The zero-order valence-electron chi connectivity index (χ0n) is 23.0. The second kappa shape index (κ2) is 12.9. The van der Waals surface area contributed by atoms with Gasteiger partial charge in [0, 0.05) is 29.8 Å². The molecular weight excluding hydrogens is 480 g/mol. The van der Waals surface area contributed by atoms with E-state index in [4.69, 9.17) is 4.74 Å². The molecule has 5 N–H and O–H groups in total. The van der Waals surface area contributed by atoms with Gasteiger partial charge in [-0.25, -0.2) is 0 Å². The molecule has 0 spiro atoms. The highest BCUT2D eigenvalue weighted by atomic mass is 16.5. The molecule has 0 unspecified atom stereocenters. The van der Waals surface area contributed by atoms with E-state index in [1.807, 2.05) is 51.1 Å². The van der Waals surface area contributed by atoms with Crippen LogP contribution in [0.1, 0.15) is 63.7 Å². The van der Waals surface area contributed by atoms with Gasteiger partial charge in [-0.05, 0) is 98.7 Å². The Hall–Kier alpha value is -3.39. The average molecular weight is 521 g/mol. The fourth-order valence-electron chi connectivity index (χ4n) is 4.58. The van der Waals surface area contributed by atoms with Gasteiger partial charge in [0.2, 0.25) is 0 Å². The summed E-state index contributed by atoms with van der Waals surface area (Å²) in [4.78, 5) is 12.8. The van der Waals surface area contributed by atoms with Crippen LogP contribution in [0, 0.1) is 13.8 Å². The topological polar surface area (TPSA) is 111 Å². The van der Waals surface area contributed by atoms with Gasteiger partial charge in [-0.2, -0.15) is 0 Å². The van der Waals surface area contributed by atoms with E-state index in [9.17, 15) is 20.1 Å². The molecule has 0 aliphatic heterocycles. The Morgan fingerprint density at radius 3 is 2.50 bits per heavy atom. The number of aliphatic hydroxyl groups is 2. The van der Waals surface area contributed by atoms with E-state index in [2.05, 4.69) is 23.6 Å². The first-order chi connectivity index (χ1) is 18.0. The minimum atomic E-state index is -0.796. The second-order valence-electron chi connectivity index (χ2n) is 10.5. The number of aromatic hydroxyl groups is 1. The Kier molecular flexibility index (Phi) is 9.91. The van der Waals surface area contributed by atoms with Gasteiger partial charge >= 0.3 is 0 Å². The standard InChI is InChI=1S/C31H40N2O5/c1-20-14-29(38-5)21(2)13-23(20)11-12-32-30(37)25-8-6-7-22(15-25)17-31(3,4)33-18-28(36)24-9-10-27(35)26(16-24)19-34/h6-10,13-16,28,33-36H,11-12,17-19H2,1-5H3,(H,32,37)/t28-/m0/s1. The van der Waals surface area contributed by atoms with E-state index >= 15 is 0 Å². The van der Waals surface area contributed by atoms with E-state index in [-0.39, 0.29) is 23.8 Å². The first-order valence-corrected chi connectivity index (χ1v) is 12.9. The lowest BCUT2D eigenvalue weighted by Crippen LogP contribution is -2.43. The van der Waals surface area contributed by atoms with E-state index < -0.39 is 6.10 Å². The molecule has 0 aromatic heterocycles. The van der Waals surface area contributed by atoms with Crippen LogP contribution in [0.4, 0.5) is 0 Å². The van der Waals surface area contributed by atoms with Gasteiger partial charge in [0.05, 0.1) is 19.8 Å². The van der Waals surface area contributed by atoms with Crippen molar-refractivity contribution < 1.29 is 24.9 Å². The molecule has 0 heterocycles. The lowest BCUT2D eigenvalue weighted by Gasteiger charge is -2.28. The fourth-order valence-corrected chi connectivity index (χ4v) is 4.58. The minimum Gasteiger partial charge on any atom is -0.508 e. The predicted octanol–water partition coefficient (Wildman–Crippen LogP) is 4.13. The van der Waals surface area contributed by atoms with Gasteiger partial charge in [-0.15, -0.1) is 0 Å². The van der Waals surface area contributed by atoms with Crippen LogP contribution >= 0.6 is 0 Å². The molecular formula is C31H40N2O5. The number of β-amino-alcohol motifs (C(OH)–C–C–N with tert-alkyl or cyclic N) is 1. The molecule has 3 rings (SSSR count). The number of hydrogen-bond acceptors (Lipinski definition) is 6. The number of aryl methyl sites for hydroxylation is 2. The summed E-state index contributed by atoms with van der Waals surface area (Å²) in [7, 11) is 1.67. The van der Waals surface area contributed by atoms with Crippen LogP contribution in [-0.4, -0.2) is 47.0 Å². The third-order valence-electron chi connectivity index (χ3n) is 6.80. The van der Waals surface area contributed by atoms with Crippen molar-refractivity contribution in [1.29, 1.82) is 0 Å². The summed E-state index contributed by atoms with van der Waals surface area (Å²) < 4.78 is 5.38. The van der Waals surface area contributed by atoms with Gasteiger partial charge in [0.15, 0.2) is 0 Å². The highest BCUT2D eigenvalue weighted by Gasteiger charge is 2.21. The number of nitrogens with one attached hydrogen (secondary N) is 2. The van der Waals surface area contributed by atoms with Gasteiger partial charge < -0.3 is 30.7 Å². The number of benzene rings is 3. The third kappa shape index (κ3) is 7.81. The summed E-state index contributed by atoms with van der Waals surface area (Å²) in [5, 5.41) is 36.1. The van der Waals surface area contributed by atoms with Crippen molar-refractivity contribution in [2.75, 3.05) is 20.2 Å². The first kappa shape index (κ1) is 29.2. The SMILES string of the molecule is COc1cc(C)c(CCNC(=O)c2cccc(CC(C)(C)NC[C@H](O)c3ccc(O)c(CO)c3)c2)cc1C. The number of phenols is 1. The molecule has 0 fully saturated rings. The Bertz CT molecular complexity index is 1260. The van der Waals surface area contributed by atoms with E-state index in [0.717, 1.165) is 28.9 Å². The lowest BCUT2D eigenvalue weighted by atomic mass is 9.93. The summed E-state index contributed by atoms with van der Waals surface area (Å²) >= 11 is 0.